The maximum atomic E-state index is 10.1. The normalized spacial score (nSPS) is 17.1. The van der Waals surface area contributed by atoms with E-state index in [1.807, 2.05) is 0 Å². The van der Waals surface area contributed by atoms with Crippen LogP contribution in [-0.4, -0.2) is 55.1 Å². The minimum atomic E-state index is -2.00. The third-order valence-electron chi connectivity index (χ3n) is 4.02. The second-order valence-electron chi connectivity index (χ2n) is 6.05. The zero-order valence-electron chi connectivity index (χ0n) is 14.5. The average molecular weight is 427 g/mol. The molecule has 0 fully saturated rings. The van der Waals surface area contributed by atoms with E-state index in [1.165, 1.54) is 0 Å². The van der Waals surface area contributed by atoms with Crippen molar-refractivity contribution < 1.29 is 30.6 Å². The first-order valence-corrected chi connectivity index (χ1v) is 9.00. The van der Waals surface area contributed by atoms with Gasteiger partial charge >= 0.3 is 0 Å². The van der Waals surface area contributed by atoms with E-state index in [-0.39, 0.29) is 0 Å². The van der Waals surface area contributed by atoms with Crippen LogP contribution in [0.2, 0.25) is 10.0 Å². The molecule has 0 amide bonds. The molecular formula is C20H20Cl2O6. The maximum absolute atomic E-state index is 10.1. The quantitative estimate of drug-likeness (QED) is 0.378. The summed E-state index contributed by atoms with van der Waals surface area (Å²) in [5, 5.41) is 60.9. The molecule has 0 spiro atoms. The maximum Gasteiger partial charge on any atom is 0.139 e. The molecule has 2 rings (SSSR count). The molecule has 0 saturated carbocycles. The van der Waals surface area contributed by atoms with Gasteiger partial charge in [-0.3, -0.25) is 0 Å². The Balaban J connectivity index is 2.14. The van der Waals surface area contributed by atoms with Gasteiger partial charge in [-0.05, 0) is 35.4 Å². The van der Waals surface area contributed by atoms with E-state index in [0.717, 1.165) is 12.2 Å². The van der Waals surface area contributed by atoms with Crippen molar-refractivity contribution in [1.29, 1.82) is 0 Å². The van der Waals surface area contributed by atoms with Gasteiger partial charge in [-0.25, -0.2) is 0 Å². The topological polar surface area (TPSA) is 121 Å². The number of halogens is 2. The standard InChI is InChI=1S/C20H20Cl2O6/c21-13-7-3-1-5-11(13)9-15(23)17(25)19(27)20(28)18(26)16(24)10-12-6-2-4-8-14(12)22/h1-10,17-20,23-28H/t17-,18+,19-,20-/m1/s1. The Bertz CT molecular complexity index is 796. The summed E-state index contributed by atoms with van der Waals surface area (Å²) in [6, 6.07) is 12.9. The second kappa shape index (κ2) is 9.93. The van der Waals surface area contributed by atoms with E-state index in [9.17, 15) is 30.6 Å². The van der Waals surface area contributed by atoms with E-state index in [4.69, 9.17) is 23.2 Å². The molecule has 0 aliphatic carbocycles. The van der Waals surface area contributed by atoms with E-state index in [1.54, 1.807) is 48.5 Å². The highest BCUT2D eigenvalue weighted by atomic mass is 35.5. The van der Waals surface area contributed by atoms with Crippen molar-refractivity contribution in [3.8, 4) is 0 Å². The molecule has 0 aromatic heterocycles. The fourth-order valence-corrected chi connectivity index (χ4v) is 2.78. The predicted molar refractivity (Wildman–Crippen MR) is 108 cm³/mol. The van der Waals surface area contributed by atoms with Gasteiger partial charge in [-0.15, -0.1) is 0 Å². The first-order chi connectivity index (χ1) is 13.2. The van der Waals surface area contributed by atoms with E-state index in [0.29, 0.717) is 21.2 Å². The highest BCUT2D eigenvalue weighted by molar-refractivity contribution is 6.32. The van der Waals surface area contributed by atoms with Crippen LogP contribution < -0.4 is 0 Å². The number of benzene rings is 2. The third kappa shape index (κ3) is 5.48. The summed E-state index contributed by atoms with van der Waals surface area (Å²) >= 11 is 11.9. The number of hydrogen-bond donors (Lipinski definition) is 6. The Morgan fingerprint density at radius 2 is 0.964 bits per heavy atom. The molecule has 28 heavy (non-hydrogen) atoms. The molecule has 2 aromatic carbocycles. The van der Waals surface area contributed by atoms with Gasteiger partial charge in [0.15, 0.2) is 0 Å². The van der Waals surface area contributed by atoms with Crippen LogP contribution in [0.15, 0.2) is 60.0 Å². The fourth-order valence-electron chi connectivity index (χ4n) is 2.40. The molecule has 0 bridgehead atoms. The minimum absolute atomic E-state index is 0.302. The van der Waals surface area contributed by atoms with Gasteiger partial charge in [0.05, 0.1) is 0 Å². The Morgan fingerprint density at radius 1 is 0.643 bits per heavy atom. The van der Waals surface area contributed by atoms with Crippen LogP contribution in [0, 0.1) is 0 Å². The molecule has 0 heterocycles. The van der Waals surface area contributed by atoms with Crippen molar-refractivity contribution >= 4 is 35.4 Å². The molecule has 6 N–H and O–H groups in total. The van der Waals surface area contributed by atoms with Crippen LogP contribution in [0.1, 0.15) is 11.1 Å². The van der Waals surface area contributed by atoms with Crippen LogP contribution in [-0.2, 0) is 0 Å². The summed E-state index contributed by atoms with van der Waals surface area (Å²) in [7, 11) is 0. The van der Waals surface area contributed by atoms with Crippen molar-refractivity contribution in [1.82, 2.24) is 0 Å². The van der Waals surface area contributed by atoms with Crippen molar-refractivity contribution in [3.05, 3.63) is 81.2 Å². The Morgan fingerprint density at radius 3 is 1.29 bits per heavy atom. The highest BCUT2D eigenvalue weighted by Gasteiger charge is 2.34. The van der Waals surface area contributed by atoms with Crippen molar-refractivity contribution in [2.45, 2.75) is 24.4 Å². The van der Waals surface area contributed by atoms with Gasteiger partial charge in [-0.1, -0.05) is 59.6 Å². The lowest BCUT2D eigenvalue weighted by molar-refractivity contribution is -0.0996. The SMILES string of the molecule is OC(=Cc1ccccc1Cl)[C@@H](O)[C@@H](O)[C@H](O)[C@@H](O)C(O)=Cc1ccccc1Cl. The lowest BCUT2D eigenvalue weighted by atomic mass is 9.98. The van der Waals surface area contributed by atoms with Gasteiger partial charge in [0.25, 0.3) is 0 Å². The van der Waals surface area contributed by atoms with Crippen molar-refractivity contribution in [2.75, 3.05) is 0 Å². The Hall–Kier alpha value is -2.06. The molecule has 2 aromatic rings. The lowest BCUT2D eigenvalue weighted by Gasteiger charge is -2.26. The summed E-state index contributed by atoms with van der Waals surface area (Å²) in [5.41, 5.74) is 0.758. The van der Waals surface area contributed by atoms with Gasteiger partial charge in [0.1, 0.15) is 35.9 Å². The Kier molecular flexibility index (Phi) is 7.88. The smallest absolute Gasteiger partial charge is 0.139 e. The molecule has 150 valence electrons. The number of aliphatic hydroxyl groups excluding tert-OH is 6. The average Bonchev–Trinajstić information content (AvgIpc) is 2.69. The van der Waals surface area contributed by atoms with Gasteiger partial charge < -0.3 is 30.6 Å². The highest BCUT2D eigenvalue weighted by Crippen LogP contribution is 2.22. The first kappa shape index (κ1) is 22.2. The van der Waals surface area contributed by atoms with E-state index < -0.39 is 35.9 Å². The Labute approximate surface area is 171 Å². The predicted octanol–water partition coefficient (Wildman–Crippen LogP) is 2.94. The zero-order valence-corrected chi connectivity index (χ0v) is 16.0. The third-order valence-corrected chi connectivity index (χ3v) is 4.71. The number of hydrogen-bond acceptors (Lipinski definition) is 6. The summed E-state index contributed by atoms with van der Waals surface area (Å²) in [6.07, 6.45) is -5.64. The van der Waals surface area contributed by atoms with Crippen LogP contribution in [0.25, 0.3) is 12.2 Å². The minimum Gasteiger partial charge on any atom is -0.509 e. The van der Waals surface area contributed by atoms with Gasteiger partial charge in [0.2, 0.25) is 0 Å². The van der Waals surface area contributed by atoms with Crippen LogP contribution in [0.4, 0.5) is 0 Å². The van der Waals surface area contributed by atoms with Crippen molar-refractivity contribution in [3.63, 3.8) is 0 Å². The number of rotatable bonds is 7. The summed E-state index contributed by atoms with van der Waals surface area (Å²) in [4.78, 5) is 0. The van der Waals surface area contributed by atoms with E-state index in [2.05, 4.69) is 0 Å². The molecule has 6 nitrogen and oxygen atoms in total. The fraction of sp³-hybridized carbons (Fsp3) is 0.200. The first-order valence-electron chi connectivity index (χ1n) is 8.24. The van der Waals surface area contributed by atoms with Crippen molar-refractivity contribution in [2.24, 2.45) is 0 Å². The van der Waals surface area contributed by atoms with Gasteiger partial charge in [0, 0.05) is 10.0 Å². The molecule has 0 saturated heterocycles. The largest absolute Gasteiger partial charge is 0.509 e. The molecule has 8 heteroatoms. The molecule has 4 atom stereocenters. The van der Waals surface area contributed by atoms with Crippen LogP contribution in [0.5, 0.6) is 0 Å². The van der Waals surface area contributed by atoms with Crippen LogP contribution >= 0.6 is 23.2 Å². The molecule has 0 aliphatic rings. The van der Waals surface area contributed by atoms with Gasteiger partial charge in [-0.2, -0.15) is 0 Å². The summed E-state index contributed by atoms with van der Waals surface area (Å²) in [6.45, 7) is 0. The molecule has 0 unspecified atom stereocenters. The van der Waals surface area contributed by atoms with Crippen LogP contribution in [0.3, 0.4) is 0 Å². The molecular weight excluding hydrogens is 407 g/mol. The zero-order chi connectivity index (χ0) is 20.8. The second-order valence-corrected chi connectivity index (χ2v) is 6.87. The summed E-state index contributed by atoms with van der Waals surface area (Å²) in [5.74, 6) is -1.36. The lowest BCUT2D eigenvalue weighted by Crippen LogP contribution is -2.45. The number of aliphatic hydroxyl groups is 6. The molecule has 0 radical (unpaired) electrons. The summed E-state index contributed by atoms with van der Waals surface area (Å²) < 4.78 is 0. The molecule has 0 aliphatic heterocycles. The monoisotopic (exact) mass is 426 g/mol. The van der Waals surface area contributed by atoms with E-state index >= 15 is 0 Å².